The van der Waals surface area contributed by atoms with Gasteiger partial charge in [0.25, 0.3) is 5.91 Å². The summed E-state index contributed by atoms with van der Waals surface area (Å²) in [6.07, 6.45) is -0.748. The molecule has 1 saturated heterocycles. The minimum atomic E-state index is -0.970. The van der Waals surface area contributed by atoms with Crippen LogP contribution in [-0.4, -0.2) is 64.8 Å². The molecule has 0 saturated carbocycles. The van der Waals surface area contributed by atoms with Gasteiger partial charge in [0.2, 0.25) is 5.91 Å². The number of carbonyl (C=O) groups excluding carboxylic acids is 3. The Kier molecular flexibility index (Phi) is 8.10. The van der Waals surface area contributed by atoms with Crippen LogP contribution in [0.3, 0.4) is 0 Å². The van der Waals surface area contributed by atoms with E-state index >= 15 is 0 Å². The number of aromatic nitrogens is 1. The van der Waals surface area contributed by atoms with E-state index < -0.39 is 41.4 Å². The molecule has 3 amide bonds. The molecular weight excluding hydrogens is 504 g/mol. The second kappa shape index (κ2) is 11.3. The summed E-state index contributed by atoms with van der Waals surface area (Å²) < 4.78 is 17.7. The summed E-state index contributed by atoms with van der Waals surface area (Å²) in [5.41, 5.74) is 8.73. The van der Waals surface area contributed by atoms with E-state index in [4.69, 9.17) is 19.6 Å². The number of nitrogens with zero attached hydrogens (tertiary/aromatic N) is 2. The van der Waals surface area contributed by atoms with Crippen LogP contribution in [0.5, 0.6) is 0 Å². The quantitative estimate of drug-likeness (QED) is 0.490. The Morgan fingerprint density at radius 1 is 1.13 bits per heavy atom. The van der Waals surface area contributed by atoms with Gasteiger partial charge in [-0.15, -0.1) is 0 Å². The molecule has 1 aliphatic heterocycles. The van der Waals surface area contributed by atoms with Crippen molar-refractivity contribution < 1.29 is 28.3 Å². The fourth-order valence-corrected chi connectivity index (χ4v) is 4.34. The first-order valence-electron chi connectivity index (χ1n) is 12.8. The number of nitrogens with two attached hydrogens (primary N) is 1. The highest BCUT2D eigenvalue weighted by atomic mass is 16.6. The molecule has 2 heterocycles. The van der Waals surface area contributed by atoms with Gasteiger partial charge in [-0.2, -0.15) is 0 Å². The van der Waals surface area contributed by atoms with E-state index in [1.54, 1.807) is 33.9 Å². The predicted octanol–water partition coefficient (Wildman–Crippen LogP) is 2.34. The van der Waals surface area contributed by atoms with Crippen LogP contribution in [0.25, 0.3) is 22.2 Å². The summed E-state index contributed by atoms with van der Waals surface area (Å²) in [6, 6.07) is 12.0. The normalized spacial score (nSPS) is 16.9. The maximum atomic E-state index is 13.0. The summed E-state index contributed by atoms with van der Waals surface area (Å²) in [5.74, 6) is -1.63. The molecule has 2 atom stereocenters. The number of primary amides is 1. The smallest absolute Gasteiger partial charge is 0.419 e. The first-order chi connectivity index (χ1) is 18.4. The van der Waals surface area contributed by atoms with Crippen molar-refractivity contribution >= 4 is 29.0 Å². The predicted molar refractivity (Wildman–Crippen MR) is 144 cm³/mol. The van der Waals surface area contributed by atoms with Gasteiger partial charge < -0.3 is 29.8 Å². The van der Waals surface area contributed by atoms with Crippen molar-refractivity contribution in [2.75, 3.05) is 19.7 Å². The molecule has 208 valence electrons. The number of hydrogen-bond acceptors (Lipinski definition) is 7. The highest BCUT2D eigenvalue weighted by Crippen LogP contribution is 2.24. The summed E-state index contributed by atoms with van der Waals surface area (Å²) in [4.78, 5) is 51.0. The van der Waals surface area contributed by atoms with E-state index in [9.17, 15) is 19.2 Å². The van der Waals surface area contributed by atoms with Crippen LogP contribution in [0.4, 0.5) is 4.79 Å². The second-order valence-corrected chi connectivity index (χ2v) is 10.6. The largest absolute Gasteiger partial charge is 0.444 e. The Bertz CT molecular complexity index is 1420. The van der Waals surface area contributed by atoms with Crippen LogP contribution in [0, 0.1) is 0 Å². The molecule has 0 aliphatic carbocycles. The third-order valence-electron chi connectivity index (χ3n) is 6.40. The molecule has 3 aromatic rings. The van der Waals surface area contributed by atoms with E-state index in [-0.39, 0.29) is 13.0 Å². The van der Waals surface area contributed by atoms with Gasteiger partial charge in [0.1, 0.15) is 11.6 Å². The van der Waals surface area contributed by atoms with Crippen LogP contribution >= 0.6 is 0 Å². The number of fused-ring (bicyclic) bond motifs is 1. The molecule has 4 rings (SSSR count). The van der Waals surface area contributed by atoms with Crippen molar-refractivity contribution in [3.05, 3.63) is 58.6 Å². The lowest BCUT2D eigenvalue weighted by atomic mass is 10.00. The summed E-state index contributed by atoms with van der Waals surface area (Å²) in [7, 11) is 1.65. The highest BCUT2D eigenvalue weighted by molar-refractivity contribution is 5.89. The average molecular weight is 539 g/mol. The molecule has 11 nitrogen and oxygen atoms in total. The van der Waals surface area contributed by atoms with Crippen molar-refractivity contribution in [2.45, 2.75) is 51.4 Å². The first kappa shape index (κ1) is 27.9. The monoisotopic (exact) mass is 538 g/mol. The van der Waals surface area contributed by atoms with Crippen molar-refractivity contribution in [3.63, 3.8) is 0 Å². The standard InChI is InChI=1S/C28H34N4O7/c1-28(2,3)39-27(36)32-12-5-13-37-23(16-32)25(34)30-20(24(29)33)14-17-6-8-18(9-7-17)19-10-11-22-21(15-19)31(4)26(35)38-22/h6-11,15,20,23H,5,12-14,16H2,1-4H3,(H2,29,33)(H,30,34)/t20-,23-/m0/s1. The Morgan fingerprint density at radius 2 is 1.82 bits per heavy atom. The van der Waals surface area contributed by atoms with Gasteiger partial charge in [-0.3, -0.25) is 14.2 Å². The lowest BCUT2D eigenvalue weighted by molar-refractivity contribution is -0.136. The number of benzene rings is 2. The Balaban J connectivity index is 1.42. The highest BCUT2D eigenvalue weighted by Gasteiger charge is 2.32. The fourth-order valence-electron chi connectivity index (χ4n) is 4.34. The van der Waals surface area contributed by atoms with Crippen LogP contribution in [0.2, 0.25) is 0 Å². The molecular formula is C28H34N4O7. The topological polar surface area (TPSA) is 146 Å². The molecule has 0 radical (unpaired) electrons. The molecule has 1 aliphatic rings. The third-order valence-corrected chi connectivity index (χ3v) is 6.40. The van der Waals surface area contributed by atoms with Crippen LogP contribution in [0.15, 0.2) is 51.7 Å². The van der Waals surface area contributed by atoms with Crippen molar-refractivity contribution in [2.24, 2.45) is 12.8 Å². The number of nitrogens with one attached hydrogen (secondary N) is 1. The average Bonchev–Trinajstić information content (AvgIpc) is 3.03. The lowest BCUT2D eigenvalue weighted by Gasteiger charge is -2.28. The fraction of sp³-hybridized carbons (Fsp3) is 0.429. The van der Waals surface area contributed by atoms with Crippen molar-refractivity contribution in [3.8, 4) is 11.1 Å². The zero-order chi connectivity index (χ0) is 28.3. The van der Waals surface area contributed by atoms with Crippen LogP contribution in [-0.2, 0) is 32.5 Å². The summed E-state index contributed by atoms with van der Waals surface area (Å²) in [5, 5.41) is 2.69. The number of hydrogen-bond donors (Lipinski definition) is 2. The lowest BCUT2D eigenvalue weighted by Crippen LogP contribution is -2.52. The van der Waals surface area contributed by atoms with Crippen LogP contribution in [0.1, 0.15) is 32.8 Å². The Morgan fingerprint density at radius 3 is 2.49 bits per heavy atom. The SMILES string of the molecule is Cn1c(=O)oc2ccc(-c3ccc(C[C@H](NC(=O)[C@@H]4CN(C(=O)OC(C)(C)C)CCCO4)C(N)=O)cc3)cc21. The van der Waals surface area contributed by atoms with E-state index in [0.717, 1.165) is 16.7 Å². The summed E-state index contributed by atoms with van der Waals surface area (Å²) in [6.45, 7) is 6.01. The van der Waals surface area contributed by atoms with Gasteiger partial charge in [0, 0.05) is 26.6 Å². The molecule has 1 aromatic heterocycles. The molecule has 11 heteroatoms. The third kappa shape index (κ3) is 6.85. The van der Waals surface area contributed by atoms with Gasteiger partial charge in [-0.25, -0.2) is 9.59 Å². The molecule has 3 N–H and O–H groups in total. The number of ether oxygens (including phenoxy) is 2. The minimum Gasteiger partial charge on any atom is -0.444 e. The van der Waals surface area contributed by atoms with Gasteiger partial charge in [0.15, 0.2) is 11.7 Å². The minimum absolute atomic E-state index is 0.00747. The number of aryl methyl sites for hydroxylation is 1. The van der Waals surface area contributed by atoms with Crippen molar-refractivity contribution in [1.29, 1.82) is 0 Å². The van der Waals surface area contributed by atoms with Gasteiger partial charge >= 0.3 is 11.8 Å². The Labute approximate surface area is 225 Å². The number of carbonyl (C=O) groups is 3. The molecule has 0 spiro atoms. The number of rotatable bonds is 6. The zero-order valence-corrected chi connectivity index (χ0v) is 22.6. The van der Waals surface area contributed by atoms with Gasteiger partial charge in [0.05, 0.1) is 12.1 Å². The molecule has 39 heavy (non-hydrogen) atoms. The van der Waals surface area contributed by atoms with E-state index in [1.807, 2.05) is 36.4 Å². The molecule has 0 unspecified atom stereocenters. The number of oxazole rings is 1. The molecule has 0 bridgehead atoms. The van der Waals surface area contributed by atoms with Crippen LogP contribution < -0.4 is 16.8 Å². The first-order valence-corrected chi connectivity index (χ1v) is 12.8. The van der Waals surface area contributed by atoms with E-state index in [1.165, 1.54) is 9.47 Å². The van der Waals surface area contributed by atoms with E-state index in [2.05, 4.69) is 5.32 Å². The Hall–Kier alpha value is -4.12. The van der Waals surface area contributed by atoms with Gasteiger partial charge in [-0.05, 0) is 56.0 Å². The molecule has 2 aromatic carbocycles. The molecule has 1 fully saturated rings. The van der Waals surface area contributed by atoms with E-state index in [0.29, 0.717) is 30.7 Å². The second-order valence-electron chi connectivity index (χ2n) is 10.6. The van der Waals surface area contributed by atoms with Gasteiger partial charge in [-0.1, -0.05) is 30.3 Å². The summed E-state index contributed by atoms with van der Waals surface area (Å²) >= 11 is 0. The maximum Gasteiger partial charge on any atom is 0.419 e. The maximum absolute atomic E-state index is 13.0. The number of amides is 3. The zero-order valence-electron chi connectivity index (χ0n) is 22.6. The van der Waals surface area contributed by atoms with Crippen molar-refractivity contribution in [1.82, 2.24) is 14.8 Å².